The second kappa shape index (κ2) is 5.67. The summed E-state index contributed by atoms with van der Waals surface area (Å²) in [6, 6.07) is 9.86. The maximum absolute atomic E-state index is 13.0. The molecule has 0 aliphatic carbocycles. The summed E-state index contributed by atoms with van der Waals surface area (Å²) in [5, 5.41) is 0. The van der Waals surface area contributed by atoms with E-state index in [1.165, 1.54) is 0 Å². The van der Waals surface area contributed by atoms with Gasteiger partial charge in [-0.05, 0) is 61.2 Å². The Balaban J connectivity index is 1.72. The Hall–Kier alpha value is -2.82. The van der Waals surface area contributed by atoms with Crippen LogP contribution in [0.2, 0.25) is 0 Å². The van der Waals surface area contributed by atoms with E-state index in [9.17, 15) is 4.79 Å². The molecule has 24 heavy (non-hydrogen) atoms. The highest BCUT2D eigenvalue weighted by Gasteiger charge is 2.25. The van der Waals surface area contributed by atoms with Crippen LogP contribution in [0.5, 0.6) is 5.75 Å². The number of methoxy groups -OCH3 is 1. The molecule has 0 spiro atoms. The van der Waals surface area contributed by atoms with Crippen molar-refractivity contribution in [1.29, 1.82) is 0 Å². The number of amides is 1. The Bertz CT molecular complexity index is 930. The van der Waals surface area contributed by atoms with Crippen LogP contribution in [0.25, 0.3) is 5.65 Å². The van der Waals surface area contributed by atoms with Crippen molar-refractivity contribution < 1.29 is 9.53 Å². The first-order valence-corrected chi connectivity index (χ1v) is 8.10. The van der Waals surface area contributed by atoms with Crippen LogP contribution in [0.1, 0.15) is 28.0 Å². The smallest absolute Gasteiger partial charge is 0.278 e. The van der Waals surface area contributed by atoms with Gasteiger partial charge in [-0.1, -0.05) is 0 Å². The predicted octanol–water partition coefficient (Wildman–Crippen LogP) is 3.24. The maximum Gasteiger partial charge on any atom is 0.278 e. The molecule has 0 saturated carbocycles. The van der Waals surface area contributed by atoms with Crippen molar-refractivity contribution in [2.75, 3.05) is 18.6 Å². The highest BCUT2D eigenvalue weighted by molar-refractivity contribution is 6.05. The Morgan fingerprint density at radius 1 is 1.25 bits per heavy atom. The first-order chi connectivity index (χ1) is 11.7. The standard InChI is InChI=1S/C19H19N3O2/c1-13-7-9-21-12-16(20-18(21)10-13)19(23)22-8-3-4-14-11-15(24-2)5-6-17(14)22/h5-7,9-12H,3-4,8H2,1-2H3. The fraction of sp³-hybridized carbons (Fsp3) is 0.263. The lowest BCUT2D eigenvalue weighted by molar-refractivity contribution is 0.0981. The minimum atomic E-state index is -0.0533. The van der Waals surface area contributed by atoms with Gasteiger partial charge >= 0.3 is 0 Å². The lowest BCUT2D eigenvalue weighted by Crippen LogP contribution is -2.35. The van der Waals surface area contributed by atoms with Gasteiger partial charge in [0.1, 0.15) is 17.1 Å². The van der Waals surface area contributed by atoms with Crippen molar-refractivity contribution in [3.05, 3.63) is 59.5 Å². The lowest BCUT2D eigenvalue weighted by Gasteiger charge is -2.29. The van der Waals surface area contributed by atoms with Crippen LogP contribution in [0.3, 0.4) is 0 Å². The number of ether oxygens (including phenoxy) is 1. The predicted molar refractivity (Wildman–Crippen MR) is 92.9 cm³/mol. The molecule has 2 aromatic heterocycles. The number of hydrogen-bond acceptors (Lipinski definition) is 3. The number of imidazole rings is 1. The van der Waals surface area contributed by atoms with Gasteiger partial charge in [-0.15, -0.1) is 0 Å². The molecule has 1 aliphatic heterocycles. The van der Waals surface area contributed by atoms with E-state index in [1.54, 1.807) is 13.3 Å². The van der Waals surface area contributed by atoms with Gasteiger partial charge in [0, 0.05) is 24.6 Å². The first kappa shape index (κ1) is 14.8. The average molecular weight is 321 g/mol. The zero-order chi connectivity index (χ0) is 16.7. The number of carbonyl (C=O) groups is 1. The third-order valence-electron chi connectivity index (χ3n) is 4.49. The number of benzene rings is 1. The zero-order valence-corrected chi connectivity index (χ0v) is 13.8. The van der Waals surface area contributed by atoms with Crippen molar-refractivity contribution in [1.82, 2.24) is 9.38 Å². The summed E-state index contributed by atoms with van der Waals surface area (Å²) in [6.07, 6.45) is 5.64. The zero-order valence-electron chi connectivity index (χ0n) is 13.8. The van der Waals surface area contributed by atoms with Gasteiger partial charge in [0.05, 0.1) is 7.11 Å². The summed E-state index contributed by atoms with van der Waals surface area (Å²) in [7, 11) is 1.66. The Morgan fingerprint density at radius 2 is 2.12 bits per heavy atom. The molecule has 0 unspecified atom stereocenters. The molecule has 1 aromatic carbocycles. The molecule has 1 amide bonds. The van der Waals surface area contributed by atoms with Gasteiger partial charge in [-0.25, -0.2) is 4.98 Å². The fourth-order valence-corrected chi connectivity index (χ4v) is 3.24. The largest absolute Gasteiger partial charge is 0.497 e. The molecule has 3 aromatic rings. The minimum Gasteiger partial charge on any atom is -0.497 e. The molecule has 1 aliphatic rings. The molecule has 0 fully saturated rings. The van der Waals surface area contributed by atoms with Crippen LogP contribution < -0.4 is 9.64 Å². The molecule has 122 valence electrons. The van der Waals surface area contributed by atoms with Crippen molar-refractivity contribution in [3.63, 3.8) is 0 Å². The summed E-state index contributed by atoms with van der Waals surface area (Å²) < 4.78 is 7.18. The molecule has 5 heteroatoms. The topological polar surface area (TPSA) is 46.8 Å². The van der Waals surface area contributed by atoms with Gasteiger partial charge in [0.15, 0.2) is 0 Å². The molecule has 3 heterocycles. The fourth-order valence-electron chi connectivity index (χ4n) is 3.24. The van der Waals surface area contributed by atoms with Crippen LogP contribution in [-0.2, 0) is 6.42 Å². The lowest BCUT2D eigenvalue weighted by atomic mass is 10.0. The summed E-state index contributed by atoms with van der Waals surface area (Å²) in [5.41, 5.74) is 4.51. The number of aryl methyl sites for hydroxylation is 2. The van der Waals surface area contributed by atoms with Crippen LogP contribution in [0.15, 0.2) is 42.7 Å². The first-order valence-electron chi connectivity index (χ1n) is 8.10. The summed E-state index contributed by atoms with van der Waals surface area (Å²) in [4.78, 5) is 19.3. The van der Waals surface area contributed by atoms with Crippen molar-refractivity contribution in [3.8, 4) is 5.75 Å². The van der Waals surface area contributed by atoms with Gasteiger partial charge in [0.2, 0.25) is 0 Å². The van der Waals surface area contributed by atoms with Crippen LogP contribution >= 0.6 is 0 Å². The van der Waals surface area contributed by atoms with Gasteiger partial charge in [-0.3, -0.25) is 4.79 Å². The van der Waals surface area contributed by atoms with Crippen LogP contribution in [0.4, 0.5) is 5.69 Å². The van der Waals surface area contributed by atoms with E-state index in [4.69, 9.17) is 4.74 Å². The molecule has 0 saturated heterocycles. The van der Waals surface area contributed by atoms with E-state index >= 15 is 0 Å². The highest BCUT2D eigenvalue weighted by Crippen LogP contribution is 2.31. The van der Waals surface area contributed by atoms with E-state index in [1.807, 2.05) is 52.8 Å². The minimum absolute atomic E-state index is 0.0533. The van der Waals surface area contributed by atoms with Crippen molar-refractivity contribution in [2.45, 2.75) is 19.8 Å². The number of hydrogen-bond donors (Lipinski definition) is 0. The molecular weight excluding hydrogens is 302 g/mol. The molecule has 0 bridgehead atoms. The Morgan fingerprint density at radius 3 is 2.96 bits per heavy atom. The van der Waals surface area contributed by atoms with Gasteiger partial charge in [0.25, 0.3) is 5.91 Å². The summed E-state index contributed by atoms with van der Waals surface area (Å²) in [5.74, 6) is 0.772. The molecule has 4 rings (SSSR count). The Kier molecular flexibility index (Phi) is 3.49. The quantitative estimate of drug-likeness (QED) is 0.728. The summed E-state index contributed by atoms with van der Waals surface area (Å²) >= 11 is 0. The molecule has 0 atom stereocenters. The van der Waals surface area contributed by atoms with E-state index in [2.05, 4.69) is 4.98 Å². The second-order valence-electron chi connectivity index (χ2n) is 6.15. The van der Waals surface area contributed by atoms with Crippen LogP contribution in [-0.4, -0.2) is 28.9 Å². The number of anilines is 1. The molecular formula is C19H19N3O2. The average Bonchev–Trinajstić information content (AvgIpc) is 3.03. The second-order valence-corrected chi connectivity index (χ2v) is 6.15. The van der Waals surface area contributed by atoms with E-state index < -0.39 is 0 Å². The maximum atomic E-state index is 13.0. The van der Waals surface area contributed by atoms with E-state index in [0.717, 1.165) is 41.1 Å². The Labute approximate surface area is 140 Å². The SMILES string of the molecule is COc1ccc2c(c1)CCCN2C(=O)c1cn2ccc(C)cc2n1. The third kappa shape index (κ3) is 2.42. The van der Waals surface area contributed by atoms with Crippen molar-refractivity contribution >= 4 is 17.2 Å². The van der Waals surface area contributed by atoms with E-state index in [0.29, 0.717) is 12.2 Å². The van der Waals surface area contributed by atoms with Gasteiger partial charge in [-0.2, -0.15) is 0 Å². The molecule has 0 N–H and O–H groups in total. The number of rotatable bonds is 2. The monoisotopic (exact) mass is 321 g/mol. The van der Waals surface area contributed by atoms with E-state index in [-0.39, 0.29) is 5.91 Å². The van der Waals surface area contributed by atoms with Crippen molar-refractivity contribution in [2.24, 2.45) is 0 Å². The number of fused-ring (bicyclic) bond motifs is 2. The number of nitrogens with zero attached hydrogens (tertiary/aromatic N) is 3. The molecule has 0 radical (unpaired) electrons. The third-order valence-corrected chi connectivity index (χ3v) is 4.49. The van der Waals surface area contributed by atoms with Gasteiger partial charge < -0.3 is 14.0 Å². The number of aromatic nitrogens is 2. The normalized spacial score (nSPS) is 13.8. The van der Waals surface area contributed by atoms with Crippen LogP contribution in [0, 0.1) is 6.92 Å². The number of pyridine rings is 1. The summed E-state index contributed by atoms with van der Waals surface area (Å²) in [6.45, 7) is 2.73. The highest BCUT2D eigenvalue weighted by atomic mass is 16.5. The molecule has 5 nitrogen and oxygen atoms in total. The number of carbonyl (C=O) groups excluding carboxylic acids is 1.